The molecule has 0 spiro atoms. The minimum atomic E-state index is 0.0927. The first-order chi connectivity index (χ1) is 10.5. The second-order valence-corrected chi connectivity index (χ2v) is 6.45. The van der Waals surface area contributed by atoms with Crippen LogP contribution >= 0.6 is 22.6 Å². The number of hydrogen-bond acceptors (Lipinski definition) is 4. The number of anilines is 2. The molecule has 0 saturated heterocycles. The van der Waals surface area contributed by atoms with E-state index < -0.39 is 0 Å². The molecule has 0 N–H and O–H groups in total. The van der Waals surface area contributed by atoms with Crippen molar-refractivity contribution in [2.75, 3.05) is 18.6 Å². The number of nitrogens with zero attached hydrogens (tertiary/aromatic N) is 3. The van der Waals surface area contributed by atoms with E-state index in [1.54, 1.807) is 7.11 Å². The molecule has 0 radical (unpaired) electrons. The minimum Gasteiger partial charge on any atom is -0.377 e. The predicted octanol–water partition coefficient (Wildman–Crippen LogP) is 4.56. The van der Waals surface area contributed by atoms with Crippen molar-refractivity contribution in [1.29, 1.82) is 0 Å². The van der Waals surface area contributed by atoms with E-state index in [0.717, 1.165) is 29.6 Å². The molecule has 1 aromatic carbocycles. The lowest BCUT2D eigenvalue weighted by molar-refractivity contribution is 0.119. The van der Waals surface area contributed by atoms with Gasteiger partial charge in [-0.15, -0.1) is 0 Å². The Bertz CT molecular complexity index is 640. The SMILES string of the molecule is CCN(c1nc(C)cc(C)n1)c1ccc(C(C)OC)cc1I. The molecule has 1 heterocycles. The molecular formula is C17H22IN3O. The van der Waals surface area contributed by atoms with Gasteiger partial charge in [0.15, 0.2) is 0 Å². The molecule has 2 aromatic rings. The largest absolute Gasteiger partial charge is 0.377 e. The zero-order valence-electron chi connectivity index (χ0n) is 13.7. The van der Waals surface area contributed by atoms with Crippen LogP contribution in [0.25, 0.3) is 0 Å². The normalized spacial score (nSPS) is 12.3. The molecule has 4 nitrogen and oxygen atoms in total. The highest BCUT2D eigenvalue weighted by molar-refractivity contribution is 14.1. The topological polar surface area (TPSA) is 38.2 Å². The number of halogens is 1. The van der Waals surface area contributed by atoms with Gasteiger partial charge in [-0.2, -0.15) is 0 Å². The maximum atomic E-state index is 5.39. The number of benzene rings is 1. The number of hydrogen-bond donors (Lipinski definition) is 0. The molecular weight excluding hydrogens is 389 g/mol. The van der Waals surface area contributed by atoms with E-state index >= 15 is 0 Å². The molecule has 118 valence electrons. The lowest BCUT2D eigenvalue weighted by Crippen LogP contribution is -2.20. The van der Waals surface area contributed by atoms with Crippen molar-refractivity contribution in [3.05, 3.63) is 44.8 Å². The Morgan fingerprint density at radius 1 is 1.18 bits per heavy atom. The van der Waals surface area contributed by atoms with Crippen molar-refractivity contribution in [3.63, 3.8) is 0 Å². The van der Waals surface area contributed by atoms with Gasteiger partial charge in [0.25, 0.3) is 0 Å². The maximum absolute atomic E-state index is 5.39. The summed E-state index contributed by atoms with van der Waals surface area (Å²) in [5.74, 6) is 0.755. The lowest BCUT2D eigenvalue weighted by Gasteiger charge is -2.24. The van der Waals surface area contributed by atoms with Gasteiger partial charge in [-0.3, -0.25) is 0 Å². The summed E-state index contributed by atoms with van der Waals surface area (Å²) in [5, 5.41) is 0. The first-order valence-electron chi connectivity index (χ1n) is 7.38. The molecule has 0 bridgehead atoms. The average molecular weight is 411 g/mol. The Labute approximate surface area is 146 Å². The summed E-state index contributed by atoms with van der Waals surface area (Å²) in [6.07, 6.45) is 0.0927. The van der Waals surface area contributed by atoms with Crippen molar-refractivity contribution < 1.29 is 4.74 Å². The highest BCUT2D eigenvalue weighted by Gasteiger charge is 2.15. The molecule has 0 aliphatic rings. The summed E-state index contributed by atoms with van der Waals surface area (Å²) in [4.78, 5) is 11.3. The zero-order valence-corrected chi connectivity index (χ0v) is 15.9. The van der Waals surface area contributed by atoms with E-state index in [9.17, 15) is 0 Å². The Balaban J connectivity index is 2.43. The van der Waals surface area contributed by atoms with E-state index in [0.29, 0.717) is 0 Å². The second-order valence-electron chi connectivity index (χ2n) is 5.28. The Hall–Kier alpha value is -1.21. The quantitative estimate of drug-likeness (QED) is 0.676. The number of ether oxygens (including phenoxy) is 1. The van der Waals surface area contributed by atoms with E-state index in [1.165, 1.54) is 9.13 Å². The lowest BCUT2D eigenvalue weighted by atomic mass is 10.1. The van der Waals surface area contributed by atoms with Gasteiger partial charge < -0.3 is 9.64 Å². The van der Waals surface area contributed by atoms with E-state index in [2.05, 4.69) is 69.5 Å². The first-order valence-corrected chi connectivity index (χ1v) is 8.46. The minimum absolute atomic E-state index is 0.0927. The van der Waals surface area contributed by atoms with Gasteiger partial charge >= 0.3 is 0 Å². The number of methoxy groups -OCH3 is 1. The fraction of sp³-hybridized carbons (Fsp3) is 0.412. The summed E-state index contributed by atoms with van der Waals surface area (Å²) >= 11 is 2.37. The Morgan fingerprint density at radius 3 is 2.32 bits per heavy atom. The van der Waals surface area contributed by atoms with Gasteiger partial charge in [0.2, 0.25) is 5.95 Å². The molecule has 22 heavy (non-hydrogen) atoms. The van der Waals surface area contributed by atoms with E-state index in [1.807, 2.05) is 19.9 Å². The third-order valence-corrected chi connectivity index (χ3v) is 4.48. The van der Waals surface area contributed by atoms with Crippen LogP contribution in [0.1, 0.15) is 36.9 Å². The van der Waals surface area contributed by atoms with Crippen LogP contribution in [0.4, 0.5) is 11.6 Å². The predicted molar refractivity (Wildman–Crippen MR) is 98.8 cm³/mol. The Morgan fingerprint density at radius 2 is 1.82 bits per heavy atom. The van der Waals surface area contributed by atoms with E-state index in [-0.39, 0.29) is 6.10 Å². The fourth-order valence-electron chi connectivity index (χ4n) is 2.38. The molecule has 1 aromatic heterocycles. The zero-order chi connectivity index (χ0) is 16.3. The monoisotopic (exact) mass is 411 g/mol. The van der Waals surface area contributed by atoms with Crippen LogP contribution in [0.2, 0.25) is 0 Å². The highest BCUT2D eigenvalue weighted by atomic mass is 127. The summed E-state index contributed by atoms with van der Waals surface area (Å²) in [7, 11) is 1.73. The number of aromatic nitrogens is 2. The van der Waals surface area contributed by atoms with Gasteiger partial charge in [-0.05, 0) is 74.0 Å². The average Bonchev–Trinajstić information content (AvgIpc) is 2.47. The first kappa shape index (κ1) is 17.1. The third-order valence-electron chi connectivity index (χ3n) is 3.61. The van der Waals surface area contributed by atoms with Crippen LogP contribution < -0.4 is 4.90 Å². The smallest absolute Gasteiger partial charge is 0.230 e. The summed E-state index contributed by atoms with van der Waals surface area (Å²) in [6, 6.07) is 8.38. The van der Waals surface area contributed by atoms with Crippen molar-refractivity contribution >= 4 is 34.2 Å². The molecule has 0 fully saturated rings. The van der Waals surface area contributed by atoms with Crippen LogP contribution in [-0.2, 0) is 4.74 Å². The van der Waals surface area contributed by atoms with Crippen LogP contribution in [-0.4, -0.2) is 23.6 Å². The van der Waals surface area contributed by atoms with Crippen LogP contribution in [0.5, 0.6) is 0 Å². The van der Waals surface area contributed by atoms with Gasteiger partial charge in [0, 0.05) is 28.6 Å². The number of aryl methyl sites for hydroxylation is 2. The maximum Gasteiger partial charge on any atom is 0.230 e. The molecule has 0 aliphatic heterocycles. The summed E-state index contributed by atoms with van der Waals surface area (Å²) < 4.78 is 6.56. The molecule has 0 saturated carbocycles. The highest BCUT2D eigenvalue weighted by Crippen LogP contribution is 2.30. The number of rotatable bonds is 5. The summed E-state index contributed by atoms with van der Waals surface area (Å²) in [6.45, 7) is 8.98. The molecule has 0 aliphatic carbocycles. The fourth-order valence-corrected chi connectivity index (χ4v) is 3.21. The van der Waals surface area contributed by atoms with Crippen molar-refractivity contribution in [1.82, 2.24) is 9.97 Å². The second kappa shape index (κ2) is 7.37. The molecule has 2 rings (SSSR count). The van der Waals surface area contributed by atoms with Gasteiger partial charge in [-0.1, -0.05) is 6.07 Å². The van der Waals surface area contributed by atoms with Crippen LogP contribution in [0.15, 0.2) is 24.3 Å². The third kappa shape index (κ3) is 3.76. The van der Waals surface area contributed by atoms with E-state index in [4.69, 9.17) is 4.74 Å². The molecule has 0 amide bonds. The molecule has 1 atom stereocenters. The van der Waals surface area contributed by atoms with Crippen LogP contribution in [0.3, 0.4) is 0 Å². The van der Waals surface area contributed by atoms with Gasteiger partial charge in [-0.25, -0.2) is 9.97 Å². The van der Waals surface area contributed by atoms with Crippen molar-refractivity contribution in [2.24, 2.45) is 0 Å². The standard InChI is InChI=1S/C17H22IN3O/c1-6-21(17-19-11(2)9-12(3)20-17)16-8-7-14(10-15(16)18)13(4)22-5/h7-10,13H,6H2,1-5H3. The van der Waals surface area contributed by atoms with Gasteiger partial charge in [0.05, 0.1) is 11.8 Å². The van der Waals surface area contributed by atoms with Crippen molar-refractivity contribution in [3.8, 4) is 0 Å². The molecule has 5 heteroatoms. The van der Waals surface area contributed by atoms with Crippen molar-refractivity contribution in [2.45, 2.75) is 33.8 Å². The molecule has 1 unspecified atom stereocenters. The Kier molecular flexibility index (Phi) is 5.74. The summed E-state index contributed by atoms with van der Waals surface area (Å²) in [5.41, 5.74) is 4.27. The van der Waals surface area contributed by atoms with Crippen LogP contribution in [0, 0.1) is 17.4 Å². The van der Waals surface area contributed by atoms with Gasteiger partial charge in [0.1, 0.15) is 0 Å².